The smallest absolute Gasteiger partial charge is 0.410 e. The molecule has 0 N–H and O–H groups in total. The fraction of sp³-hybridized carbons (Fsp3) is 0.621. The molecule has 1 aliphatic heterocycles. The molecule has 0 unspecified atom stereocenters. The average Bonchev–Trinajstić information content (AvgIpc) is 2.77. The molecule has 0 spiro atoms. The summed E-state index contributed by atoms with van der Waals surface area (Å²) in [7, 11) is 0. The molecule has 1 saturated heterocycles. The molecule has 7 nitrogen and oxygen atoms in total. The third-order valence-electron chi connectivity index (χ3n) is 6.32. The number of carbonyl (C=O) groups excluding carboxylic acids is 1. The van der Waals surface area contributed by atoms with Crippen LogP contribution in [0.3, 0.4) is 0 Å². The lowest BCUT2D eigenvalue weighted by Crippen LogP contribution is -2.58. The van der Waals surface area contributed by atoms with Gasteiger partial charge in [-0.2, -0.15) is 0 Å². The molecule has 2 aromatic rings. The van der Waals surface area contributed by atoms with Gasteiger partial charge in [0.25, 0.3) is 0 Å². The Kier molecular flexibility index (Phi) is 8.51. The first-order chi connectivity index (χ1) is 16.8. The minimum absolute atomic E-state index is 0.00479. The Morgan fingerprint density at radius 2 is 1.81 bits per heavy atom. The summed E-state index contributed by atoms with van der Waals surface area (Å²) < 4.78 is 11.7. The van der Waals surface area contributed by atoms with Gasteiger partial charge in [0.05, 0.1) is 18.8 Å². The molecule has 0 bridgehead atoms. The lowest BCUT2D eigenvalue weighted by molar-refractivity contribution is 0.00868. The summed E-state index contributed by atoms with van der Waals surface area (Å²) in [6.07, 6.45) is -0.167. The minimum atomic E-state index is -0.532. The Balaban J connectivity index is 2.02. The number of rotatable bonds is 6. The number of aryl methyl sites for hydroxylation is 2. The van der Waals surface area contributed by atoms with Gasteiger partial charge in [0, 0.05) is 47.6 Å². The second kappa shape index (κ2) is 11.0. The van der Waals surface area contributed by atoms with Gasteiger partial charge in [-0.1, -0.05) is 26.0 Å². The van der Waals surface area contributed by atoms with Crippen molar-refractivity contribution in [3.63, 3.8) is 0 Å². The first-order valence-corrected chi connectivity index (χ1v) is 12.9. The molecule has 7 heteroatoms. The van der Waals surface area contributed by atoms with Crippen LogP contribution in [0.5, 0.6) is 0 Å². The van der Waals surface area contributed by atoms with Gasteiger partial charge < -0.3 is 19.3 Å². The van der Waals surface area contributed by atoms with E-state index < -0.39 is 5.60 Å². The first-order valence-electron chi connectivity index (χ1n) is 12.9. The number of aromatic nitrogens is 2. The van der Waals surface area contributed by atoms with E-state index in [2.05, 4.69) is 36.9 Å². The van der Waals surface area contributed by atoms with Crippen LogP contribution in [0.4, 0.5) is 10.6 Å². The predicted octanol–water partition coefficient (Wildman–Crippen LogP) is 5.68. The predicted molar refractivity (Wildman–Crippen MR) is 143 cm³/mol. The van der Waals surface area contributed by atoms with Crippen LogP contribution >= 0.6 is 0 Å². The standard InChI is InChI=1S/C29H42N4O3/c1-18(2)25-16-32(13-14-33(25)28(34)36-29(8,9)10)27-24(17-35-19(3)4)22(7)30-26(31-27)23-15-20(5)11-12-21(23)6/h15,18-19,25H,13-14,16-17H2,1-10H3/t25-/m1/s1. The third-order valence-corrected chi connectivity index (χ3v) is 6.32. The van der Waals surface area contributed by atoms with Crippen LogP contribution in [-0.4, -0.2) is 58.3 Å². The summed E-state index contributed by atoms with van der Waals surface area (Å²) in [4.78, 5) is 27.1. The van der Waals surface area contributed by atoms with Crippen molar-refractivity contribution in [1.29, 1.82) is 0 Å². The van der Waals surface area contributed by atoms with E-state index in [1.165, 1.54) is 0 Å². The van der Waals surface area contributed by atoms with E-state index >= 15 is 0 Å². The summed E-state index contributed by atoms with van der Waals surface area (Å²) >= 11 is 0. The maximum absolute atomic E-state index is 13.0. The summed E-state index contributed by atoms with van der Waals surface area (Å²) in [5, 5.41) is 0. The van der Waals surface area contributed by atoms with Gasteiger partial charge in [-0.15, -0.1) is 0 Å². The quantitative estimate of drug-likeness (QED) is 0.515. The Bertz CT molecular complexity index is 1070. The molecule has 1 fully saturated rings. The number of amides is 1. The van der Waals surface area contributed by atoms with Gasteiger partial charge in [0.2, 0.25) is 0 Å². The highest BCUT2D eigenvalue weighted by Crippen LogP contribution is 2.31. The molecule has 1 aromatic carbocycles. The van der Waals surface area contributed by atoms with E-state index in [1.807, 2.05) is 60.3 Å². The molecule has 196 valence electrons. The van der Waals surface area contributed by atoms with E-state index in [4.69, 9.17) is 19.4 Å². The molecule has 36 heavy (non-hydrogen) atoms. The van der Waals surface area contributed by atoms with Crippen molar-refractivity contribution in [2.75, 3.05) is 24.5 Å². The van der Waals surface area contributed by atoms with E-state index in [-0.39, 0.29) is 24.2 Å². The maximum Gasteiger partial charge on any atom is 0.410 e. The zero-order chi connectivity index (χ0) is 26.8. The number of hydrogen-bond donors (Lipinski definition) is 0. The fourth-order valence-electron chi connectivity index (χ4n) is 4.35. The topological polar surface area (TPSA) is 67.8 Å². The Labute approximate surface area is 217 Å². The highest BCUT2D eigenvalue weighted by atomic mass is 16.6. The molecular weight excluding hydrogens is 452 g/mol. The second-order valence-electron chi connectivity index (χ2n) is 11.3. The van der Waals surface area contributed by atoms with Crippen LogP contribution < -0.4 is 4.90 Å². The molecule has 0 radical (unpaired) electrons. The number of ether oxygens (including phenoxy) is 2. The van der Waals surface area contributed by atoms with Crippen molar-refractivity contribution < 1.29 is 14.3 Å². The van der Waals surface area contributed by atoms with Crippen molar-refractivity contribution in [1.82, 2.24) is 14.9 Å². The van der Waals surface area contributed by atoms with Crippen molar-refractivity contribution in [3.05, 3.63) is 40.6 Å². The molecule has 1 atom stereocenters. The number of piperazine rings is 1. The van der Waals surface area contributed by atoms with Crippen LogP contribution in [0.25, 0.3) is 11.4 Å². The molecule has 1 aliphatic rings. The Morgan fingerprint density at radius 1 is 1.11 bits per heavy atom. The molecule has 2 heterocycles. The molecular formula is C29H42N4O3. The van der Waals surface area contributed by atoms with Gasteiger partial charge >= 0.3 is 6.09 Å². The van der Waals surface area contributed by atoms with E-state index in [9.17, 15) is 4.79 Å². The zero-order valence-electron chi connectivity index (χ0n) is 23.7. The van der Waals surface area contributed by atoms with Crippen LogP contribution in [0.1, 0.15) is 70.9 Å². The molecule has 0 aliphatic carbocycles. The van der Waals surface area contributed by atoms with Gasteiger partial charge in [-0.05, 0) is 67.4 Å². The summed E-state index contributed by atoms with van der Waals surface area (Å²) in [5.74, 6) is 1.80. The molecule has 0 saturated carbocycles. The lowest BCUT2D eigenvalue weighted by atomic mass is 9.99. The second-order valence-corrected chi connectivity index (χ2v) is 11.3. The Hall–Kier alpha value is -2.85. The normalized spacial score (nSPS) is 16.5. The van der Waals surface area contributed by atoms with Gasteiger partial charge in [-0.3, -0.25) is 0 Å². The van der Waals surface area contributed by atoms with Crippen molar-refractivity contribution in [2.45, 2.75) is 93.6 Å². The van der Waals surface area contributed by atoms with Crippen LogP contribution in [0.15, 0.2) is 6.07 Å². The average molecular weight is 495 g/mol. The first kappa shape index (κ1) is 27.7. The van der Waals surface area contributed by atoms with Crippen molar-refractivity contribution in [2.24, 2.45) is 5.92 Å². The minimum Gasteiger partial charge on any atom is -0.444 e. The van der Waals surface area contributed by atoms with E-state index in [1.54, 1.807) is 0 Å². The van der Waals surface area contributed by atoms with Crippen LogP contribution in [0, 0.1) is 38.8 Å². The van der Waals surface area contributed by atoms with Gasteiger partial charge in [0.15, 0.2) is 5.82 Å². The highest BCUT2D eigenvalue weighted by molar-refractivity contribution is 5.69. The fourth-order valence-corrected chi connectivity index (χ4v) is 4.35. The van der Waals surface area contributed by atoms with Gasteiger partial charge in [0.1, 0.15) is 11.4 Å². The zero-order valence-corrected chi connectivity index (χ0v) is 23.7. The largest absolute Gasteiger partial charge is 0.444 e. The Morgan fingerprint density at radius 3 is 2.42 bits per heavy atom. The number of carbonyl (C=O) groups is 1. The van der Waals surface area contributed by atoms with Crippen molar-refractivity contribution >= 4 is 11.9 Å². The van der Waals surface area contributed by atoms with E-state index in [0.29, 0.717) is 32.1 Å². The van der Waals surface area contributed by atoms with Crippen LogP contribution in [0.2, 0.25) is 0 Å². The lowest BCUT2D eigenvalue weighted by Gasteiger charge is -2.44. The SMILES string of the molecule is Cc1c#cc(C)c(-c2nc(C)c(COC(C)C)c(N3CCN(C(=O)OC(C)(C)C)[C@@H](C(C)C)C3)n2)c1. The number of anilines is 1. The summed E-state index contributed by atoms with van der Waals surface area (Å²) in [6.45, 7) is 22.4. The molecule has 1 amide bonds. The maximum atomic E-state index is 13.0. The molecule has 3 rings (SSSR count). The monoisotopic (exact) mass is 494 g/mol. The van der Waals surface area contributed by atoms with Gasteiger partial charge in [-0.25, -0.2) is 14.8 Å². The van der Waals surface area contributed by atoms with Crippen molar-refractivity contribution in [3.8, 4) is 11.4 Å². The van der Waals surface area contributed by atoms with Crippen LogP contribution in [-0.2, 0) is 16.1 Å². The summed E-state index contributed by atoms with van der Waals surface area (Å²) in [5.41, 5.74) is 4.27. The third kappa shape index (κ3) is 6.67. The highest BCUT2D eigenvalue weighted by Gasteiger charge is 2.36. The summed E-state index contributed by atoms with van der Waals surface area (Å²) in [6, 6.07) is 8.39. The van der Waals surface area contributed by atoms with E-state index in [0.717, 1.165) is 33.8 Å². The number of hydrogen-bond acceptors (Lipinski definition) is 6. The molecule has 1 aromatic heterocycles. The number of nitrogens with zero attached hydrogens (tertiary/aromatic N) is 4.